The second-order valence-corrected chi connectivity index (χ2v) is 3.56. The number of carbonyl (C=O) groups excluding carboxylic acids is 1. The fraction of sp³-hybridized carbons (Fsp3) is 0.0909. The number of nitro groups is 1. The number of hydrogen-bond donors (Lipinski definition) is 0. The average Bonchev–Trinajstić information content (AvgIpc) is 2.81. The molecule has 2 rings (SSSR count). The fourth-order valence-corrected chi connectivity index (χ4v) is 1.39. The molecule has 7 heteroatoms. The maximum absolute atomic E-state index is 11.8. The molecule has 0 N–H and O–H groups in total. The zero-order valence-electron chi connectivity index (χ0n) is 9.44. The quantitative estimate of drug-likeness (QED) is 0.603. The maximum atomic E-state index is 11.8. The Kier molecular flexibility index (Phi) is 3.05. The lowest BCUT2D eigenvalue weighted by molar-refractivity contribution is -0.384. The number of imidazole rings is 1. The van der Waals surface area contributed by atoms with E-state index in [0.717, 1.165) is 4.73 Å². The second kappa shape index (κ2) is 4.66. The number of nitro benzene ring substituents is 1. The smallest absolute Gasteiger partial charge is 0.330 e. The van der Waals surface area contributed by atoms with Crippen LogP contribution in [0, 0.1) is 17.0 Å². The Labute approximate surface area is 102 Å². The van der Waals surface area contributed by atoms with Crippen LogP contribution in [-0.2, 0) is 0 Å². The van der Waals surface area contributed by atoms with E-state index in [0.29, 0.717) is 5.56 Å². The molecule has 2 aromatic rings. The monoisotopic (exact) mass is 247 g/mol. The number of carbonyl (C=O) groups is 1. The molecule has 0 saturated carbocycles. The van der Waals surface area contributed by atoms with Crippen molar-refractivity contribution in [1.82, 2.24) is 9.71 Å². The molecule has 0 aliphatic heterocycles. The van der Waals surface area contributed by atoms with Crippen molar-refractivity contribution in [1.29, 1.82) is 0 Å². The van der Waals surface area contributed by atoms with Crippen LogP contribution in [0.25, 0.3) is 0 Å². The predicted octanol–water partition coefficient (Wildman–Crippen LogP) is 1.37. The van der Waals surface area contributed by atoms with Crippen LogP contribution in [-0.4, -0.2) is 20.6 Å². The van der Waals surface area contributed by atoms with E-state index < -0.39 is 10.9 Å². The second-order valence-electron chi connectivity index (χ2n) is 3.56. The van der Waals surface area contributed by atoms with Gasteiger partial charge in [0.25, 0.3) is 5.69 Å². The summed E-state index contributed by atoms with van der Waals surface area (Å²) in [6.45, 7) is 1.67. The number of benzene rings is 1. The van der Waals surface area contributed by atoms with Crippen LogP contribution < -0.4 is 4.84 Å². The van der Waals surface area contributed by atoms with Crippen molar-refractivity contribution < 1.29 is 14.6 Å². The number of aryl methyl sites for hydroxylation is 1. The standard InChI is InChI=1S/C11H9N3O4/c1-8-2-3-9(14(16)17)6-10(8)11(15)18-13-5-4-12-7-13/h2-7H,1H3. The minimum absolute atomic E-state index is 0.151. The summed E-state index contributed by atoms with van der Waals surface area (Å²) in [6, 6.07) is 4.03. The Morgan fingerprint density at radius 3 is 2.89 bits per heavy atom. The molecular formula is C11H9N3O4. The van der Waals surface area contributed by atoms with Gasteiger partial charge in [0.15, 0.2) is 0 Å². The molecule has 0 bridgehead atoms. The van der Waals surface area contributed by atoms with Gasteiger partial charge in [0.05, 0.1) is 16.7 Å². The van der Waals surface area contributed by atoms with Gasteiger partial charge in [-0.1, -0.05) is 6.07 Å². The fourth-order valence-electron chi connectivity index (χ4n) is 1.39. The first kappa shape index (κ1) is 11.8. The van der Waals surface area contributed by atoms with Gasteiger partial charge in [-0.15, -0.1) is 0 Å². The van der Waals surface area contributed by atoms with Crippen LogP contribution in [0.3, 0.4) is 0 Å². The average molecular weight is 247 g/mol. The minimum Gasteiger partial charge on any atom is -0.330 e. The van der Waals surface area contributed by atoms with Gasteiger partial charge < -0.3 is 4.84 Å². The van der Waals surface area contributed by atoms with Crippen molar-refractivity contribution in [2.75, 3.05) is 0 Å². The molecule has 0 saturated heterocycles. The highest BCUT2D eigenvalue weighted by Gasteiger charge is 2.16. The highest BCUT2D eigenvalue weighted by molar-refractivity contribution is 5.92. The molecule has 92 valence electrons. The third kappa shape index (κ3) is 2.34. The molecule has 1 aromatic carbocycles. The van der Waals surface area contributed by atoms with Crippen molar-refractivity contribution >= 4 is 11.7 Å². The first-order valence-corrected chi connectivity index (χ1v) is 5.03. The van der Waals surface area contributed by atoms with Crippen molar-refractivity contribution in [3.8, 4) is 0 Å². The lowest BCUT2D eigenvalue weighted by Gasteiger charge is -2.05. The number of aromatic nitrogens is 2. The number of non-ortho nitro benzene ring substituents is 1. The zero-order valence-corrected chi connectivity index (χ0v) is 9.44. The van der Waals surface area contributed by atoms with Gasteiger partial charge in [-0.05, 0) is 12.5 Å². The predicted molar refractivity (Wildman–Crippen MR) is 61.0 cm³/mol. The summed E-state index contributed by atoms with van der Waals surface area (Å²) in [5.74, 6) is -0.672. The van der Waals surface area contributed by atoms with E-state index in [4.69, 9.17) is 4.84 Å². The van der Waals surface area contributed by atoms with E-state index >= 15 is 0 Å². The van der Waals surface area contributed by atoms with Crippen molar-refractivity contribution in [2.24, 2.45) is 0 Å². The lowest BCUT2D eigenvalue weighted by Crippen LogP contribution is -2.19. The van der Waals surface area contributed by atoms with Gasteiger partial charge >= 0.3 is 5.97 Å². The van der Waals surface area contributed by atoms with E-state index in [9.17, 15) is 14.9 Å². The molecule has 0 amide bonds. The third-order valence-electron chi connectivity index (χ3n) is 2.32. The molecule has 0 unspecified atom stereocenters. The Hall–Kier alpha value is -2.70. The summed E-state index contributed by atoms with van der Waals surface area (Å²) in [7, 11) is 0. The lowest BCUT2D eigenvalue weighted by atomic mass is 10.1. The largest absolute Gasteiger partial charge is 0.364 e. The third-order valence-corrected chi connectivity index (χ3v) is 2.32. The van der Waals surface area contributed by atoms with Crippen molar-refractivity contribution in [3.05, 3.63) is 58.2 Å². The summed E-state index contributed by atoms with van der Waals surface area (Å²) in [4.78, 5) is 30.6. The summed E-state index contributed by atoms with van der Waals surface area (Å²) in [5.41, 5.74) is 0.599. The van der Waals surface area contributed by atoms with Crippen LogP contribution in [0.1, 0.15) is 15.9 Å². The van der Waals surface area contributed by atoms with E-state index in [-0.39, 0.29) is 11.3 Å². The molecular weight excluding hydrogens is 238 g/mol. The van der Waals surface area contributed by atoms with E-state index in [2.05, 4.69) is 4.98 Å². The summed E-state index contributed by atoms with van der Waals surface area (Å²) in [5, 5.41) is 10.6. The SMILES string of the molecule is Cc1ccc([N+](=O)[O-])cc1C(=O)On1ccnc1. The van der Waals surface area contributed by atoms with Gasteiger partial charge in [0, 0.05) is 18.3 Å². The summed E-state index contributed by atoms with van der Waals surface area (Å²) >= 11 is 0. The molecule has 0 radical (unpaired) electrons. The van der Waals surface area contributed by atoms with Gasteiger partial charge in [-0.2, -0.15) is 4.73 Å². The summed E-state index contributed by atoms with van der Waals surface area (Å²) < 4.78 is 1.13. The van der Waals surface area contributed by atoms with Crippen LogP contribution in [0.4, 0.5) is 5.69 Å². The van der Waals surface area contributed by atoms with Crippen molar-refractivity contribution in [2.45, 2.75) is 6.92 Å². The highest BCUT2D eigenvalue weighted by atomic mass is 16.7. The molecule has 0 atom stereocenters. The number of rotatable bonds is 3. The normalized spacial score (nSPS) is 10.1. The van der Waals surface area contributed by atoms with Crippen molar-refractivity contribution in [3.63, 3.8) is 0 Å². The first-order chi connectivity index (χ1) is 8.58. The molecule has 1 heterocycles. The van der Waals surface area contributed by atoms with E-state index in [1.54, 1.807) is 6.92 Å². The van der Waals surface area contributed by atoms with Crippen LogP contribution in [0.2, 0.25) is 0 Å². The minimum atomic E-state index is -0.672. The van der Waals surface area contributed by atoms with Crippen LogP contribution in [0.5, 0.6) is 0 Å². The first-order valence-electron chi connectivity index (χ1n) is 5.03. The zero-order chi connectivity index (χ0) is 13.1. The molecule has 0 spiro atoms. The topological polar surface area (TPSA) is 87.3 Å². The molecule has 0 aliphatic carbocycles. The van der Waals surface area contributed by atoms with E-state index in [1.165, 1.54) is 36.9 Å². The Bertz CT molecular complexity index is 592. The molecule has 0 fully saturated rings. The number of hydrogen-bond acceptors (Lipinski definition) is 5. The molecule has 7 nitrogen and oxygen atoms in total. The Morgan fingerprint density at radius 1 is 1.50 bits per heavy atom. The Balaban J connectivity index is 2.29. The molecule has 0 aliphatic rings. The maximum Gasteiger partial charge on any atom is 0.364 e. The molecule has 18 heavy (non-hydrogen) atoms. The van der Waals surface area contributed by atoms with Gasteiger partial charge in [-0.25, -0.2) is 9.78 Å². The van der Waals surface area contributed by atoms with Gasteiger partial charge in [-0.3, -0.25) is 10.1 Å². The number of nitrogens with zero attached hydrogens (tertiary/aromatic N) is 3. The summed E-state index contributed by atoms with van der Waals surface area (Å²) in [6.07, 6.45) is 4.21. The molecule has 1 aromatic heterocycles. The van der Waals surface area contributed by atoms with Crippen LogP contribution >= 0.6 is 0 Å². The Morgan fingerprint density at radius 2 is 2.28 bits per heavy atom. The van der Waals surface area contributed by atoms with Gasteiger partial charge in [0.2, 0.25) is 0 Å². The highest BCUT2D eigenvalue weighted by Crippen LogP contribution is 2.17. The van der Waals surface area contributed by atoms with E-state index in [1.807, 2.05) is 0 Å². The van der Waals surface area contributed by atoms with Gasteiger partial charge in [0.1, 0.15) is 6.33 Å². The van der Waals surface area contributed by atoms with Crippen LogP contribution in [0.15, 0.2) is 36.9 Å².